The number of hydrogen-bond donors (Lipinski definition) is 1. The van der Waals surface area contributed by atoms with E-state index in [4.69, 9.17) is 0 Å². The molecule has 0 spiro atoms. The molecular formula is C14H21NS. The summed E-state index contributed by atoms with van der Waals surface area (Å²) in [5.74, 6) is 0.857. The van der Waals surface area contributed by atoms with Gasteiger partial charge < -0.3 is 5.32 Å². The summed E-state index contributed by atoms with van der Waals surface area (Å²) in [5, 5.41) is 5.82. The Bertz CT molecular complexity index is 315. The van der Waals surface area contributed by atoms with Crippen molar-refractivity contribution in [2.24, 2.45) is 5.92 Å². The van der Waals surface area contributed by atoms with E-state index in [1.165, 1.54) is 37.1 Å². The average molecular weight is 235 g/mol. The summed E-state index contributed by atoms with van der Waals surface area (Å²) >= 11 is 1.86. The van der Waals surface area contributed by atoms with E-state index >= 15 is 0 Å². The minimum Gasteiger partial charge on any atom is -0.314 e. The molecule has 1 nitrogen and oxygen atoms in total. The van der Waals surface area contributed by atoms with Crippen LogP contribution in [-0.4, -0.2) is 12.6 Å². The Labute approximate surface area is 103 Å². The number of hydrogen-bond acceptors (Lipinski definition) is 2. The Kier molecular flexibility index (Phi) is 4.61. The standard InChI is InChI=1S/C14H21NS/c1-12(10-14-8-5-9-16-14)15-11-13-6-3-2-4-7-13/h2-3,5,8-9,12-13,15H,4,6-7,10-11H2,1H3. The van der Waals surface area contributed by atoms with Gasteiger partial charge in [-0.1, -0.05) is 18.2 Å². The smallest absolute Gasteiger partial charge is 0.00871 e. The minimum atomic E-state index is 0.601. The summed E-state index contributed by atoms with van der Waals surface area (Å²) in [7, 11) is 0. The molecule has 0 bridgehead atoms. The van der Waals surface area contributed by atoms with Gasteiger partial charge >= 0.3 is 0 Å². The van der Waals surface area contributed by atoms with E-state index in [0.717, 1.165) is 5.92 Å². The highest BCUT2D eigenvalue weighted by Gasteiger charge is 2.11. The number of allylic oxidation sites excluding steroid dienone is 2. The van der Waals surface area contributed by atoms with Crippen LogP contribution in [0.1, 0.15) is 31.1 Å². The molecule has 0 saturated heterocycles. The lowest BCUT2D eigenvalue weighted by molar-refractivity contribution is 0.411. The molecule has 88 valence electrons. The molecule has 2 rings (SSSR count). The number of nitrogens with one attached hydrogen (secondary N) is 1. The Balaban J connectivity index is 1.67. The first kappa shape index (κ1) is 11.9. The van der Waals surface area contributed by atoms with Gasteiger partial charge in [0.15, 0.2) is 0 Å². The van der Waals surface area contributed by atoms with Crippen LogP contribution in [0.25, 0.3) is 0 Å². The second-order valence-corrected chi connectivity index (χ2v) is 5.78. The maximum Gasteiger partial charge on any atom is 0.00871 e. The molecule has 0 amide bonds. The molecule has 0 fully saturated rings. The van der Waals surface area contributed by atoms with Crippen LogP contribution in [0.3, 0.4) is 0 Å². The Morgan fingerprint density at radius 2 is 2.44 bits per heavy atom. The van der Waals surface area contributed by atoms with Gasteiger partial charge in [0.1, 0.15) is 0 Å². The van der Waals surface area contributed by atoms with Crippen LogP contribution in [0.15, 0.2) is 29.7 Å². The molecule has 1 aliphatic carbocycles. The minimum absolute atomic E-state index is 0.601. The van der Waals surface area contributed by atoms with Crippen molar-refractivity contribution in [1.82, 2.24) is 5.32 Å². The summed E-state index contributed by atoms with van der Waals surface area (Å²) in [6.07, 6.45) is 9.70. The third-order valence-electron chi connectivity index (χ3n) is 3.22. The third-order valence-corrected chi connectivity index (χ3v) is 4.12. The zero-order chi connectivity index (χ0) is 11.2. The molecule has 1 aromatic rings. The normalized spacial score (nSPS) is 22.2. The fraction of sp³-hybridized carbons (Fsp3) is 0.571. The Hall–Kier alpha value is -0.600. The van der Waals surface area contributed by atoms with E-state index < -0.39 is 0 Å². The summed E-state index contributed by atoms with van der Waals surface area (Å²) < 4.78 is 0. The van der Waals surface area contributed by atoms with Gasteiger partial charge in [-0.2, -0.15) is 0 Å². The van der Waals surface area contributed by atoms with Gasteiger partial charge in [0.25, 0.3) is 0 Å². The van der Waals surface area contributed by atoms with Crippen LogP contribution >= 0.6 is 11.3 Å². The fourth-order valence-electron chi connectivity index (χ4n) is 2.21. The molecule has 1 N–H and O–H groups in total. The van der Waals surface area contributed by atoms with Gasteiger partial charge in [0.2, 0.25) is 0 Å². The van der Waals surface area contributed by atoms with E-state index in [-0.39, 0.29) is 0 Å². The van der Waals surface area contributed by atoms with Crippen molar-refractivity contribution >= 4 is 11.3 Å². The van der Waals surface area contributed by atoms with Gasteiger partial charge in [0, 0.05) is 10.9 Å². The van der Waals surface area contributed by atoms with E-state index in [2.05, 4.69) is 41.9 Å². The van der Waals surface area contributed by atoms with Crippen molar-refractivity contribution < 1.29 is 0 Å². The SMILES string of the molecule is CC(Cc1cccs1)NCC1CC=CCC1. The van der Waals surface area contributed by atoms with Crippen LogP contribution in [-0.2, 0) is 6.42 Å². The van der Waals surface area contributed by atoms with Crippen LogP contribution in [0.5, 0.6) is 0 Å². The molecule has 1 aliphatic rings. The zero-order valence-corrected chi connectivity index (χ0v) is 10.8. The van der Waals surface area contributed by atoms with E-state index in [1.807, 2.05) is 11.3 Å². The van der Waals surface area contributed by atoms with Crippen LogP contribution < -0.4 is 5.32 Å². The zero-order valence-electron chi connectivity index (χ0n) is 9.99. The van der Waals surface area contributed by atoms with Crippen molar-refractivity contribution in [3.05, 3.63) is 34.5 Å². The molecule has 0 aliphatic heterocycles. The lowest BCUT2D eigenvalue weighted by atomic mass is 9.94. The Morgan fingerprint density at radius 3 is 3.12 bits per heavy atom. The van der Waals surface area contributed by atoms with Crippen LogP contribution in [0.2, 0.25) is 0 Å². The second kappa shape index (κ2) is 6.21. The molecule has 2 atom stereocenters. The molecule has 0 radical (unpaired) electrons. The first-order valence-electron chi connectivity index (χ1n) is 6.25. The van der Waals surface area contributed by atoms with E-state index in [0.29, 0.717) is 6.04 Å². The molecule has 16 heavy (non-hydrogen) atoms. The first-order valence-corrected chi connectivity index (χ1v) is 7.13. The van der Waals surface area contributed by atoms with Crippen molar-refractivity contribution in [2.45, 2.75) is 38.6 Å². The lowest BCUT2D eigenvalue weighted by Gasteiger charge is -2.21. The topological polar surface area (TPSA) is 12.0 Å². The summed E-state index contributed by atoms with van der Waals surface area (Å²) in [5.41, 5.74) is 0. The van der Waals surface area contributed by atoms with Crippen LogP contribution in [0, 0.1) is 5.92 Å². The average Bonchev–Trinajstić information content (AvgIpc) is 2.81. The Morgan fingerprint density at radius 1 is 1.50 bits per heavy atom. The molecule has 1 heterocycles. The van der Waals surface area contributed by atoms with Gasteiger partial charge in [-0.25, -0.2) is 0 Å². The highest BCUT2D eigenvalue weighted by molar-refractivity contribution is 7.09. The number of thiophene rings is 1. The van der Waals surface area contributed by atoms with Gasteiger partial charge in [0.05, 0.1) is 0 Å². The van der Waals surface area contributed by atoms with Crippen molar-refractivity contribution in [2.75, 3.05) is 6.54 Å². The van der Waals surface area contributed by atoms with Crippen molar-refractivity contribution in [3.8, 4) is 0 Å². The maximum atomic E-state index is 3.66. The van der Waals surface area contributed by atoms with Crippen molar-refractivity contribution in [1.29, 1.82) is 0 Å². The van der Waals surface area contributed by atoms with E-state index in [9.17, 15) is 0 Å². The summed E-state index contributed by atoms with van der Waals surface area (Å²) in [6.45, 7) is 3.47. The molecular weight excluding hydrogens is 214 g/mol. The molecule has 2 heteroatoms. The quantitative estimate of drug-likeness (QED) is 0.769. The summed E-state index contributed by atoms with van der Waals surface area (Å²) in [6, 6.07) is 4.97. The predicted octanol–water partition coefficient (Wildman–Crippen LogP) is 3.63. The highest BCUT2D eigenvalue weighted by Crippen LogP contribution is 2.17. The predicted molar refractivity (Wildman–Crippen MR) is 72.0 cm³/mol. The van der Waals surface area contributed by atoms with Crippen LogP contribution in [0.4, 0.5) is 0 Å². The fourth-order valence-corrected chi connectivity index (χ4v) is 3.05. The summed E-state index contributed by atoms with van der Waals surface area (Å²) in [4.78, 5) is 1.49. The second-order valence-electron chi connectivity index (χ2n) is 4.74. The number of rotatable bonds is 5. The van der Waals surface area contributed by atoms with Crippen molar-refractivity contribution in [3.63, 3.8) is 0 Å². The maximum absolute atomic E-state index is 3.66. The molecule has 0 aromatic carbocycles. The molecule has 2 unspecified atom stereocenters. The van der Waals surface area contributed by atoms with E-state index in [1.54, 1.807) is 0 Å². The monoisotopic (exact) mass is 235 g/mol. The lowest BCUT2D eigenvalue weighted by Crippen LogP contribution is -2.32. The largest absolute Gasteiger partial charge is 0.314 e. The molecule has 0 saturated carbocycles. The van der Waals surface area contributed by atoms with Gasteiger partial charge in [-0.3, -0.25) is 0 Å². The van der Waals surface area contributed by atoms with Gasteiger partial charge in [-0.05, 0) is 56.5 Å². The third kappa shape index (κ3) is 3.76. The highest BCUT2D eigenvalue weighted by atomic mass is 32.1. The van der Waals surface area contributed by atoms with Gasteiger partial charge in [-0.15, -0.1) is 11.3 Å². The molecule has 1 aromatic heterocycles. The first-order chi connectivity index (χ1) is 7.84.